The van der Waals surface area contributed by atoms with E-state index < -0.39 is 0 Å². The number of aromatic nitrogens is 3. The average molecular weight is 346 g/mol. The number of amides is 2. The van der Waals surface area contributed by atoms with E-state index in [1.54, 1.807) is 23.1 Å². The Morgan fingerprint density at radius 3 is 3.04 bits per heavy atom. The third-order valence-electron chi connectivity index (χ3n) is 4.25. The van der Waals surface area contributed by atoms with E-state index in [1.165, 1.54) is 12.4 Å². The Balaban J connectivity index is 1.50. The molecule has 0 aliphatic carbocycles. The Kier molecular flexibility index (Phi) is 5.47. The second-order valence-corrected chi connectivity index (χ2v) is 6.37. The van der Waals surface area contributed by atoms with Crippen LogP contribution in [0.2, 0.25) is 0 Å². The van der Waals surface area contributed by atoms with Crippen molar-refractivity contribution < 1.29 is 9.18 Å². The van der Waals surface area contributed by atoms with Gasteiger partial charge in [-0.05, 0) is 31.9 Å². The number of piperidine rings is 1. The lowest BCUT2D eigenvalue weighted by atomic mass is 10.0. The van der Waals surface area contributed by atoms with E-state index in [0.29, 0.717) is 18.8 Å². The zero-order valence-corrected chi connectivity index (χ0v) is 14.2. The van der Waals surface area contributed by atoms with E-state index in [-0.39, 0.29) is 23.9 Å². The molecular formula is C17H23FN6O. The molecule has 0 spiro atoms. The van der Waals surface area contributed by atoms with Crippen molar-refractivity contribution >= 4 is 11.7 Å². The first-order chi connectivity index (χ1) is 12.1. The molecule has 7 nitrogen and oxygen atoms in total. The maximum absolute atomic E-state index is 14.0. The summed E-state index contributed by atoms with van der Waals surface area (Å²) >= 11 is 0. The number of halogens is 1. The predicted molar refractivity (Wildman–Crippen MR) is 92.8 cm³/mol. The molecule has 1 aromatic carbocycles. The summed E-state index contributed by atoms with van der Waals surface area (Å²) in [7, 11) is 0. The standard InChI is InChI=1S/C17H23FN6O/c1-13(9-24-12-19-11-20-24)21-17(25)22-14-5-4-8-23(10-14)16-7-3-2-6-15(16)18/h2-3,6-7,11-14H,4-5,8-10H2,1H3,(H2,21,22,25)/t13-,14-/m0/s1. The van der Waals surface area contributed by atoms with Gasteiger partial charge in [0.25, 0.3) is 0 Å². The van der Waals surface area contributed by atoms with Crippen LogP contribution in [-0.2, 0) is 6.54 Å². The number of para-hydroxylation sites is 1. The van der Waals surface area contributed by atoms with Crippen LogP contribution in [0, 0.1) is 5.82 Å². The van der Waals surface area contributed by atoms with Gasteiger partial charge in [0.1, 0.15) is 18.5 Å². The normalized spacial score (nSPS) is 18.6. The van der Waals surface area contributed by atoms with Crippen molar-refractivity contribution in [1.82, 2.24) is 25.4 Å². The average Bonchev–Trinajstić information content (AvgIpc) is 3.08. The van der Waals surface area contributed by atoms with Crippen molar-refractivity contribution in [3.05, 3.63) is 42.7 Å². The number of hydrogen-bond acceptors (Lipinski definition) is 4. The molecule has 2 aromatic rings. The van der Waals surface area contributed by atoms with Gasteiger partial charge in [-0.1, -0.05) is 12.1 Å². The zero-order valence-electron chi connectivity index (χ0n) is 14.2. The third kappa shape index (κ3) is 4.68. The smallest absolute Gasteiger partial charge is 0.315 e. The van der Waals surface area contributed by atoms with E-state index in [9.17, 15) is 9.18 Å². The molecule has 0 saturated carbocycles. The van der Waals surface area contributed by atoms with Gasteiger partial charge in [0.15, 0.2) is 0 Å². The largest absolute Gasteiger partial charge is 0.367 e. The summed E-state index contributed by atoms with van der Waals surface area (Å²) < 4.78 is 15.6. The van der Waals surface area contributed by atoms with Crippen LogP contribution in [0.4, 0.5) is 14.9 Å². The van der Waals surface area contributed by atoms with Crippen molar-refractivity contribution in [3.63, 3.8) is 0 Å². The summed E-state index contributed by atoms with van der Waals surface area (Å²) in [5.41, 5.74) is 0.592. The first-order valence-corrected chi connectivity index (χ1v) is 8.50. The number of nitrogens with one attached hydrogen (secondary N) is 2. The van der Waals surface area contributed by atoms with E-state index in [2.05, 4.69) is 20.7 Å². The van der Waals surface area contributed by atoms with Crippen LogP contribution in [0.5, 0.6) is 0 Å². The molecule has 1 fully saturated rings. The number of carbonyl (C=O) groups excluding carboxylic acids is 1. The number of nitrogens with zero attached hydrogens (tertiary/aromatic N) is 4. The van der Waals surface area contributed by atoms with Crippen LogP contribution >= 0.6 is 0 Å². The lowest BCUT2D eigenvalue weighted by Gasteiger charge is -2.35. The van der Waals surface area contributed by atoms with Gasteiger partial charge < -0.3 is 15.5 Å². The first-order valence-electron chi connectivity index (χ1n) is 8.50. The fraction of sp³-hybridized carbons (Fsp3) is 0.471. The highest BCUT2D eigenvalue weighted by atomic mass is 19.1. The fourth-order valence-corrected chi connectivity index (χ4v) is 3.13. The van der Waals surface area contributed by atoms with Crippen molar-refractivity contribution in [2.75, 3.05) is 18.0 Å². The Bertz CT molecular complexity index is 692. The van der Waals surface area contributed by atoms with E-state index in [0.717, 1.165) is 19.4 Å². The second kappa shape index (κ2) is 7.96. The molecule has 0 unspecified atom stereocenters. The summed E-state index contributed by atoms with van der Waals surface area (Å²) in [6.45, 7) is 3.86. The maximum Gasteiger partial charge on any atom is 0.315 e. The minimum atomic E-state index is -0.228. The van der Waals surface area contributed by atoms with Crippen LogP contribution in [0.1, 0.15) is 19.8 Å². The molecule has 8 heteroatoms. The van der Waals surface area contributed by atoms with Gasteiger partial charge in [-0.25, -0.2) is 14.2 Å². The van der Waals surface area contributed by atoms with E-state index in [1.807, 2.05) is 17.9 Å². The van der Waals surface area contributed by atoms with Gasteiger partial charge in [0.05, 0.1) is 12.2 Å². The zero-order chi connectivity index (χ0) is 17.6. The van der Waals surface area contributed by atoms with Crippen LogP contribution < -0.4 is 15.5 Å². The van der Waals surface area contributed by atoms with Crippen molar-refractivity contribution in [1.29, 1.82) is 0 Å². The molecule has 2 heterocycles. The number of anilines is 1. The maximum atomic E-state index is 14.0. The van der Waals surface area contributed by atoms with Gasteiger partial charge in [-0.2, -0.15) is 5.10 Å². The summed E-state index contributed by atoms with van der Waals surface area (Å²) in [6.07, 6.45) is 4.87. The van der Waals surface area contributed by atoms with Gasteiger partial charge in [-0.3, -0.25) is 4.68 Å². The summed E-state index contributed by atoms with van der Waals surface area (Å²) in [4.78, 5) is 18.1. The van der Waals surface area contributed by atoms with E-state index in [4.69, 9.17) is 0 Å². The van der Waals surface area contributed by atoms with Crippen LogP contribution in [0.3, 0.4) is 0 Å². The Morgan fingerprint density at radius 1 is 1.44 bits per heavy atom. The first kappa shape index (κ1) is 17.2. The van der Waals surface area contributed by atoms with Crippen molar-refractivity contribution in [3.8, 4) is 0 Å². The predicted octanol–water partition coefficient (Wildman–Crippen LogP) is 1.77. The van der Waals surface area contributed by atoms with Crippen molar-refractivity contribution in [2.45, 2.75) is 38.4 Å². The highest BCUT2D eigenvalue weighted by Crippen LogP contribution is 2.22. The number of urea groups is 1. The molecule has 2 amide bonds. The second-order valence-electron chi connectivity index (χ2n) is 6.37. The number of benzene rings is 1. The summed E-state index contributed by atoms with van der Waals surface area (Å²) in [5, 5.41) is 9.91. The molecule has 1 aliphatic heterocycles. The third-order valence-corrected chi connectivity index (χ3v) is 4.25. The molecule has 25 heavy (non-hydrogen) atoms. The molecule has 1 aromatic heterocycles. The summed E-state index contributed by atoms with van der Waals surface area (Å²) in [5.74, 6) is -0.228. The quantitative estimate of drug-likeness (QED) is 0.865. The minimum absolute atomic E-state index is 0.00748. The molecule has 1 saturated heterocycles. The highest BCUT2D eigenvalue weighted by molar-refractivity contribution is 5.74. The minimum Gasteiger partial charge on any atom is -0.367 e. The summed E-state index contributed by atoms with van der Waals surface area (Å²) in [6, 6.07) is 6.45. The van der Waals surface area contributed by atoms with Crippen LogP contribution in [-0.4, -0.2) is 46.0 Å². The number of carbonyl (C=O) groups is 1. The Labute approximate surface area is 146 Å². The lowest BCUT2D eigenvalue weighted by molar-refractivity contribution is 0.230. The fourth-order valence-electron chi connectivity index (χ4n) is 3.13. The molecular weight excluding hydrogens is 323 g/mol. The molecule has 0 radical (unpaired) electrons. The number of hydrogen-bond donors (Lipinski definition) is 2. The highest BCUT2D eigenvalue weighted by Gasteiger charge is 2.23. The van der Waals surface area contributed by atoms with Gasteiger partial charge in [-0.15, -0.1) is 0 Å². The number of rotatable bonds is 5. The van der Waals surface area contributed by atoms with Gasteiger partial charge >= 0.3 is 6.03 Å². The van der Waals surface area contributed by atoms with Crippen LogP contribution in [0.15, 0.2) is 36.9 Å². The monoisotopic (exact) mass is 346 g/mol. The SMILES string of the molecule is C[C@@H](Cn1cncn1)NC(=O)N[C@H]1CCCN(c2ccccc2F)C1. The van der Waals surface area contributed by atoms with Crippen molar-refractivity contribution in [2.24, 2.45) is 0 Å². The topological polar surface area (TPSA) is 75.1 Å². The molecule has 3 rings (SSSR count). The van der Waals surface area contributed by atoms with Crippen LogP contribution in [0.25, 0.3) is 0 Å². The Hall–Kier alpha value is -2.64. The Morgan fingerprint density at radius 2 is 2.28 bits per heavy atom. The van der Waals surface area contributed by atoms with E-state index >= 15 is 0 Å². The van der Waals surface area contributed by atoms with Gasteiger partial charge in [0, 0.05) is 25.2 Å². The molecule has 1 aliphatic rings. The molecule has 2 atom stereocenters. The molecule has 0 bridgehead atoms. The molecule has 134 valence electrons. The van der Waals surface area contributed by atoms with Gasteiger partial charge in [0.2, 0.25) is 0 Å². The lowest BCUT2D eigenvalue weighted by Crippen LogP contribution is -2.52. The molecule has 2 N–H and O–H groups in total.